The summed E-state index contributed by atoms with van der Waals surface area (Å²) in [6.07, 6.45) is 2.52. The molecule has 2 aromatic rings. The zero-order valence-corrected chi connectivity index (χ0v) is 13.3. The maximum Gasteiger partial charge on any atom is 0.328 e. The molecule has 0 bridgehead atoms. The molecule has 0 saturated heterocycles. The van der Waals surface area contributed by atoms with Crippen molar-refractivity contribution in [3.05, 3.63) is 48.8 Å². The lowest BCUT2D eigenvalue weighted by Gasteiger charge is -2.00. The van der Waals surface area contributed by atoms with Gasteiger partial charge in [-0.25, -0.2) is 4.79 Å². The van der Waals surface area contributed by atoms with Crippen molar-refractivity contribution in [2.24, 2.45) is 0 Å². The van der Waals surface area contributed by atoms with E-state index in [2.05, 4.69) is 21.2 Å². The van der Waals surface area contributed by atoms with Gasteiger partial charge in [-0.05, 0) is 40.2 Å². The highest BCUT2D eigenvalue weighted by molar-refractivity contribution is 9.10. The molecule has 2 heterocycles. The molecule has 104 valence electrons. The molecule has 0 atom stereocenters. The second-order valence-corrected chi connectivity index (χ2v) is 6.81. The smallest absolute Gasteiger partial charge is 0.328 e. The summed E-state index contributed by atoms with van der Waals surface area (Å²) < 4.78 is 1.00. The number of rotatable bonds is 5. The van der Waals surface area contributed by atoms with Crippen LogP contribution in [0.25, 0.3) is 6.08 Å². The van der Waals surface area contributed by atoms with Gasteiger partial charge in [0.2, 0.25) is 0 Å². The van der Waals surface area contributed by atoms with Gasteiger partial charge in [0, 0.05) is 25.7 Å². The summed E-state index contributed by atoms with van der Waals surface area (Å²) in [6, 6.07) is 5.37. The van der Waals surface area contributed by atoms with Crippen LogP contribution in [0.2, 0.25) is 0 Å². The number of carboxylic acid groups (broad SMARTS) is 1. The van der Waals surface area contributed by atoms with Gasteiger partial charge in [-0.3, -0.25) is 4.79 Å². The first-order chi connectivity index (χ1) is 9.54. The van der Waals surface area contributed by atoms with Crippen LogP contribution in [0.15, 0.2) is 34.1 Å². The number of aliphatic carboxylic acids is 1. The third-order valence-electron chi connectivity index (χ3n) is 2.29. The molecular formula is C13H10BrNO3S2. The topological polar surface area (TPSA) is 66.4 Å². The normalized spacial score (nSPS) is 10.8. The molecule has 0 aliphatic rings. The Balaban J connectivity index is 1.94. The van der Waals surface area contributed by atoms with Crippen LogP contribution in [-0.4, -0.2) is 17.0 Å². The van der Waals surface area contributed by atoms with Crippen LogP contribution in [0.4, 0.5) is 0 Å². The van der Waals surface area contributed by atoms with Crippen molar-refractivity contribution >= 4 is 56.6 Å². The Morgan fingerprint density at radius 1 is 1.40 bits per heavy atom. The van der Waals surface area contributed by atoms with Gasteiger partial charge >= 0.3 is 5.97 Å². The van der Waals surface area contributed by atoms with E-state index in [1.807, 2.05) is 11.4 Å². The standard InChI is InChI=1S/C13H10BrNO3S2/c14-8-5-10(19-7-8)6-15-13(18)11-3-1-9(20-11)2-4-12(16)17/h1-5,7H,6H2,(H,15,18)(H,16,17). The quantitative estimate of drug-likeness (QED) is 0.789. The predicted octanol–water partition coefficient (Wildman–Crippen LogP) is 3.60. The summed E-state index contributed by atoms with van der Waals surface area (Å²) in [5, 5.41) is 13.3. The molecule has 0 spiro atoms. The van der Waals surface area contributed by atoms with E-state index in [4.69, 9.17) is 5.11 Å². The van der Waals surface area contributed by atoms with Crippen LogP contribution < -0.4 is 5.32 Å². The summed E-state index contributed by atoms with van der Waals surface area (Å²) in [7, 11) is 0. The Kier molecular flexibility index (Phi) is 5.11. The first kappa shape index (κ1) is 15.0. The number of carbonyl (C=O) groups excluding carboxylic acids is 1. The maximum atomic E-state index is 11.9. The molecular weight excluding hydrogens is 362 g/mol. The second kappa shape index (κ2) is 6.83. The Morgan fingerprint density at radius 2 is 2.20 bits per heavy atom. The number of carboxylic acids is 1. The summed E-state index contributed by atoms with van der Waals surface area (Å²) in [4.78, 5) is 24.7. The monoisotopic (exact) mass is 371 g/mol. The van der Waals surface area contributed by atoms with E-state index in [0.717, 1.165) is 20.3 Å². The minimum Gasteiger partial charge on any atom is -0.478 e. The van der Waals surface area contributed by atoms with Gasteiger partial charge in [0.1, 0.15) is 0 Å². The fourth-order valence-corrected chi connectivity index (χ4v) is 3.64. The molecule has 0 aliphatic heterocycles. The lowest BCUT2D eigenvalue weighted by Crippen LogP contribution is -2.21. The number of amides is 1. The molecule has 0 aromatic carbocycles. The van der Waals surface area contributed by atoms with Crippen LogP contribution in [0, 0.1) is 0 Å². The molecule has 0 aliphatic carbocycles. The van der Waals surface area contributed by atoms with Crippen molar-refractivity contribution in [2.75, 3.05) is 0 Å². The van der Waals surface area contributed by atoms with Crippen LogP contribution in [-0.2, 0) is 11.3 Å². The zero-order valence-electron chi connectivity index (χ0n) is 10.1. The van der Waals surface area contributed by atoms with Gasteiger partial charge in [0.15, 0.2) is 0 Å². The molecule has 2 aromatic heterocycles. The van der Waals surface area contributed by atoms with Crippen molar-refractivity contribution in [3.63, 3.8) is 0 Å². The summed E-state index contributed by atoms with van der Waals surface area (Å²) in [6.45, 7) is 0.479. The fourth-order valence-electron chi connectivity index (χ4n) is 1.42. The summed E-state index contributed by atoms with van der Waals surface area (Å²) >= 11 is 6.18. The number of carbonyl (C=O) groups is 2. The van der Waals surface area contributed by atoms with Crippen LogP contribution in [0.3, 0.4) is 0 Å². The third-order valence-corrected chi connectivity index (χ3v) is 5.03. The lowest BCUT2D eigenvalue weighted by molar-refractivity contribution is -0.131. The minimum atomic E-state index is -1.01. The molecule has 0 unspecified atom stereocenters. The largest absolute Gasteiger partial charge is 0.478 e. The average molecular weight is 372 g/mol. The van der Waals surface area contributed by atoms with E-state index >= 15 is 0 Å². The van der Waals surface area contributed by atoms with Crippen molar-refractivity contribution in [2.45, 2.75) is 6.54 Å². The Morgan fingerprint density at radius 3 is 2.85 bits per heavy atom. The van der Waals surface area contributed by atoms with Crippen LogP contribution in [0.1, 0.15) is 19.4 Å². The highest BCUT2D eigenvalue weighted by Crippen LogP contribution is 2.20. The van der Waals surface area contributed by atoms with Crippen LogP contribution >= 0.6 is 38.6 Å². The molecule has 4 nitrogen and oxygen atoms in total. The SMILES string of the molecule is O=C(O)C=Cc1ccc(C(=O)NCc2cc(Br)cs2)s1. The fraction of sp³-hybridized carbons (Fsp3) is 0.0769. The number of nitrogens with one attached hydrogen (secondary N) is 1. The van der Waals surface area contributed by atoms with E-state index in [-0.39, 0.29) is 5.91 Å². The molecule has 0 saturated carbocycles. The number of hydrogen-bond donors (Lipinski definition) is 2. The number of thiophene rings is 2. The third kappa shape index (κ3) is 4.29. The predicted molar refractivity (Wildman–Crippen MR) is 84.2 cm³/mol. The van der Waals surface area contributed by atoms with Crippen molar-refractivity contribution in [3.8, 4) is 0 Å². The van der Waals surface area contributed by atoms with Gasteiger partial charge in [-0.2, -0.15) is 0 Å². The molecule has 20 heavy (non-hydrogen) atoms. The van der Waals surface area contributed by atoms with Gasteiger partial charge in [0.25, 0.3) is 5.91 Å². The molecule has 2 N–H and O–H groups in total. The Bertz CT molecular complexity index is 660. The highest BCUT2D eigenvalue weighted by atomic mass is 79.9. The van der Waals surface area contributed by atoms with Gasteiger partial charge in [-0.15, -0.1) is 22.7 Å². The Labute approximate surface area is 131 Å². The van der Waals surface area contributed by atoms with E-state index in [9.17, 15) is 9.59 Å². The van der Waals surface area contributed by atoms with E-state index in [1.165, 1.54) is 17.4 Å². The van der Waals surface area contributed by atoms with E-state index < -0.39 is 5.97 Å². The maximum absolute atomic E-state index is 11.9. The zero-order chi connectivity index (χ0) is 14.5. The number of halogens is 1. The number of hydrogen-bond acceptors (Lipinski definition) is 4. The first-order valence-electron chi connectivity index (χ1n) is 5.56. The Hall–Kier alpha value is -1.44. The highest BCUT2D eigenvalue weighted by Gasteiger charge is 2.08. The van der Waals surface area contributed by atoms with Crippen molar-refractivity contribution in [1.29, 1.82) is 0 Å². The summed E-state index contributed by atoms with van der Waals surface area (Å²) in [5.74, 6) is -1.16. The van der Waals surface area contributed by atoms with Gasteiger partial charge in [0.05, 0.1) is 11.4 Å². The molecule has 0 radical (unpaired) electrons. The average Bonchev–Trinajstić information content (AvgIpc) is 3.02. The van der Waals surface area contributed by atoms with Gasteiger partial charge < -0.3 is 10.4 Å². The summed E-state index contributed by atoms with van der Waals surface area (Å²) in [5.41, 5.74) is 0. The first-order valence-corrected chi connectivity index (χ1v) is 8.05. The lowest BCUT2D eigenvalue weighted by atomic mass is 10.3. The van der Waals surface area contributed by atoms with Crippen molar-refractivity contribution in [1.82, 2.24) is 5.32 Å². The van der Waals surface area contributed by atoms with E-state index in [1.54, 1.807) is 23.5 Å². The molecule has 0 fully saturated rings. The minimum absolute atomic E-state index is 0.158. The van der Waals surface area contributed by atoms with E-state index in [0.29, 0.717) is 11.4 Å². The van der Waals surface area contributed by atoms with Crippen molar-refractivity contribution < 1.29 is 14.7 Å². The van der Waals surface area contributed by atoms with Gasteiger partial charge in [-0.1, -0.05) is 0 Å². The molecule has 1 amide bonds. The molecule has 7 heteroatoms. The van der Waals surface area contributed by atoms with Crippen LogP contribution in [0.5, 0.6) is 0 Å². The molecule has 2 rings (SSSR count). The second-order valence-electron chi connectivity index (χ2n) is 3.79.